The molecule has 0 aliphatic carbocycles. The molecule has 0 aliphatic heterocycles. The second-order valence-corrected chi connectivity index (χ2v) is 6.93. The van der Waals surface area contributed by atoms with E-state index in [2.05, 4.69) is 66.9 Å². The first kappa shape index (κ1) is 20.0. The van der Waals surface area contributed by atoms with Gasteiger partial charge in [0.2, 0.25) is 0 Å². The largest absolute Gasteiger partial charge is 0.361 e. The summed E-state index contributed by atoms with van der Waals surface area (Å²) in [4.78, 5) is 4.77. The Kier molecular flexibility index (Phi) is 7.70. The van der Waals surface area contributed by atoms with Gasteiger partial charge in [-0.1, -0.05) is 42.4 Å². The van der Waals surface area contributed by atoms with Crippen LogP contribution in [-0.2, 0) is 6.42 Å². The Morgan fingerprint density at radius 1 is 1.19 bits per heavy atom. The number of aromatic nitrogens is 1. The van der Waals surface area contributed by atoms with E-state index >= 15 is 0 Å². The molecule has 5 heteroatoms. The van der Waals surface area contributed by atoms with Crippen molar-refractivity contribution in [2.75, 3.05) is 13.1 Å². The molecule has 142 valence electrons. The van der Waals surface area contributed by atoms with Crippen molar-refractivity contribution in [2.45, 2.75) is 59.4 Å². The van der Waals surface area contributed by atoms with Crippen LogP contribution in [0.1, 0.15) is 55.7 Å². The lowest BCUT2D eigenvalue weighted by Gasteiger charge is -2.18. The molecule has 26 heavy (non-hydrogen) atoms. The minimum absolute atomic E-state index is 0.274. The maximum absolute atomic E-state index is 5.28. The Bertz CT molecular complexity index is 674. The van der Waals surface area contributed by atoms with E-state index in [1.54, 1.807) is 0 Å². The molecule has 0 bridgehead atoms. The first-order valence-corrected chi connectivity index (χ1v) is 9.52. The van der Waals surface area contributed by atoms with Crippen LogP contribution in [0.5, 0.6) is 0 Å². The summed E-state index contributed by atoms with van der Waals surface area (Å²) in [5.74, 6) is 2.03. The van der Waals surface area contributed by atoms with E-state index in [0.717, 1.165) is 36.8 Å². The lowest BCUT2D eigenvalue weighted by atomic mass is 10.00. The number of rotatable bonds is 8. The normalized spacial score (nSPS) is 14.1. The molecule has 5 nitrogen and oxygen atoms in total. The van der Waals surface area contributed by atoms with E-state index in [9.17, 15) is 0 Å². The number of nitrogens with one attached hydrogen (secondary N) is 2. The van der Waals surface area contributed by atoms with Gasteiger partial charge in [-0.3, -0.25) is 4.99 Å². The standard InChI is InChI=1S/C21H32N4O/c1-6-22-21(23-14-15(2)20-17(4)25-26-18(20)5)24-16(3)12-13-19-10-8-7-9-11-19/h7-11,15-16H,6,12-14H2,1-5H3,(H2,22,23,24). The summed E-state index contributed by atoms with van der Waals surface area (Å²) >= 11 is 0. The molecular weight excluding hydrogens is 324 g/mol. The van der Waals surface area contributed by atoms with Crippen LogP contribution in [0, 0.1) is 13.8 Å². The first-order chi connectivity index (χ1) is 12.5. The molecule has 1 aromatic heterocycles. The minimum Gasteiger partial charge on any atom is -0.361 e. The van der Waals surface area contributed by atoms with E-state index in [-0.39, 0.29) is 5.92 Å². The molecule has 0 aliphatic rings. The molecule has 1 heterocycles. The maximum Gasteiger partial charge on any atom is 0.191 e. The number of aliphatic imine (C=N–C) groups is 1. The first-order valence-electron chi connectivity index (χ1n) is 9.52. The van der Waals surface area contributed by atoms with Crippen LogP contribution >= 0.6 is 0 Å². The highest BCUT2D eigenvalue weighted by Crippen LogP contribution is 2.23. The van der Waals surface area contributed by atoms with Crippen molar-refractivity contribution in [3.05, 3.63) is 52.9 Å². The zero-order chi connectivity index (χ0) is 18.9. The summed E-state index contributed by atoms with van der Waals surface area (Å²) in [6, 6.07) is 10.9. The Morgan fingerprint density at radius 2 is 1.92 bits per heavy atom. The van der Waals surface area contributed by atoms with Crippen molar-refractivity contribution in [1.82, 2.24) is 15.8 Å². The molecule has 2 N–H and O–H groups in total. The Hall–Kier alpha value is -2.30. The predicted octanol–water partition coefficient (Wildman–Crippen LogP) is 3.97. The zero-order valence-corrected chi connectivity index (χ0v) is 16.7. The highest BCUT2D eigenvalue weighted by Gasteiger charge is 2.16. The number of guanidine groups is 1. The molecule has 0 amide bonds. The Morgan fingerprint density at radius 3 is 2.54 bits per heavy atom. The van der Waals surface area contributed by atoms with Crippen molar-refractivity contribution < 1.29 is 4.52 Å². The van der Waals surface area contributed by atoms with Gasteiger partial charge in [-0.25, -0.2) is 0 Å². The van der Waals surface area contributed by atoms with Gasteiger partial charge in [-0.2, -0.15) is 0 Å². The second-order valence-electron chi connectivity index (χ2n) is 6.93. The molecule has 1 aromatic carbocycles. The van der Waals surface area contributed by atoms with Gasteiger partial charge in [0.05, 0.1) is 5.69 Å². The third-order valence-corrected chi connectivity index (χ3v) is 4.54. The van der Waals surface area contributed by atoms with Crippen LogP contribution in [0.25, 0.3) is 0 Å². The van der Waals surface area contributed by atoms with Gasteiger partial charge in [0.25, 0.3) is 0 Å². The van der Waals surface area contributed by atoms with E-state index in [0.29, 0.717) is 12.6 Å². The molecule has 2 atom stereocenters. The summed E-state index contributed by atoms with van der Waals surface area (Å²) in [6.07, 6.45) is 2.12. The molecule has 0 radical (unpaired) electrons. The average Bonchev–Trinajstić information content (AvgIpc) is 2.97. The van der Waals surface area contributed by atoms with Crippen LogP contribution in [-0.4, -0.2) is 30.2 Å². The summed E-state index contributed by atoms with van der Waals surface area (Å²) < 4.78 is 5.28. The smallest absolute Gasteiger partial charge is 0.191 e. The summed E-state index contributed by atoms with van der Waals surface area (Å²) in [5, 5.41) is 10.9. The number of aryl methyl sites for hydroxylation is 3. The van der Waals surface area contributed by atoms with Gasteiger partial charge in [0, 0.05) is 30.6 Å². The Balaban J connectivity index is 1.91. The fourth-order valence-corrected chi connectivity index (χ4v) is 3.17. The highest BCUT2D eigenvalue weighted by molar-refractivity contribution is 5.80. The van der Waals surface area contributed by atoms with Crippen LogP contribution in [0.2, 0.25) is 0 Å². The molecule has 2 aromatic rings. The molecule has 0 fully saturated rings. The number of benzene rings is 1. The third-order valence-electron chi connectivity index (χ3n) is 4.54. The lowest BCUT2D eigenvalue weighted by Crippen LogP contribution is -2.42. The zero-order valence-electron chi connectivity index (χ0n) is 16.7. The summed E-state index contributed by atoms with van der Waals surface area (Å²) in [7, 11) is 0. The van der Waals surface area contributed by atoms with Crippen LogP contribution in [0.15, 0.2) is 39.8 Å². The fraction of sp³-hybridized carbons (Fsp3) is 0.524. The van der Waals surface area contributed by atoms with Crippen molar-refractivity contribution in [1.29, 1.82) is 0 Å². The molecule has 0 spiro atoms. The SMILES string of the molecule is CCNC(=NCC(C)c1c(C)noc1C)NC(C)CCc1ccccc1. The predicted molar refractivity (Wildman–Crippen MR) is 108 cm³/mol. The fourth-order valence-electron chi connectivity index (χ4n) is 3.17. The van der Waals surface area contributed by atoms with Gasteiger partial charge in [-0.15, -0.1) is 0 Å². The van der Waals surface area contributed by atoms with Gasteiger partial charge in [-0.05, 0) is 46.1 Å². The van der Waals surface area contributed by atoms with Crippen molar-refractivity contribution >= 4 is 5.96 Å². The van der Waals surface area contributed by atoms with Crippen LogP contribution in [0.3, 0.4) is 0 Å². The van der Waals surface area contributed by atoms with E-state index in [1.807, 2.05) is 13.8 Å². The molecular formula is C21H32N4O. The third kappa shape index (κ3) is 5.90. The second kappa shape index (κ2) is 10.00. The van der Waals surface area contributed by atoms with Gasteiger partial charge in [0.1, 0.15) is 5.76 Å². The van der Waals surface area contributed by atoms with Gasteiger partial charge < -0.3 is 15.2 Å². The topological polar surface area (TPSA) is 62.5 Å². The summed E-state index contributed by atoms with van der Waals surface area (Å²) in [6.45, 7) is 11.9. The molecule has 2 unspecified atom stereocenters. The van der Waals surface area contributed by atoms with Crippen molar-refractivity contribution in [3.63, 3.8) is 0 Å². The van der Waals surface area contributed by atoms with E-state index < -0.39 is 0 Å². The van der Waals surface area contributed by atoms with Crippen molar-refractivity contribution in [2.24, 2.45) is 4.99 Å². The molecule has 0 saturated carbocycles. The maximum atomic E-state index is 5.28. The number of nitrogens with zero attached hydrogens (tertiary/aromatic N) is 2. The highest BCUT2D eigenvalue weighted by atomic mass is 16.5. The lowest BCUT2D eigenvalue weighted by molar-refractivity contribution is 0.391. The quantitative estimate of drug-likeness (QED) is 0.555. The average molecular weight is 357 g/mol. The number of hydrogen-bond acceptors (Lipinski definition) is 3. The van der Waals surface area contributed by atoms with E-state index in [4.69, 9.17) is 9.52 Å². The van der Waals surface area contributed by atoms with E-state index in [1.165, 1.54) is 11.1 Å². The molecule has 2 rings (SSSR count). The van der Waals surface area contributed by atoms with Gasteiger partial charge in [0.15, 0.2) is 5.96 Å². The van der Waals surface area contributed by atoms with Crippen molar-refractivity contribution in [3.8, 4) is 0 Å². The monoisotopic (exact) mass is 356 g/mol. The van der Waals surface area contributed by atoms with Crippen LogP contribution in [0.4, 0.5) is 0 Å². The number of hydrogen-bond donors (Lipinski definition) is 2. The minimum atomic E-state index is 0.274. The summed E-state index contributed by atoms with van der Waals surface area (Å²) in [5.41, 5.74) is 3.50. The molecule has 0 saturated heterocycles. The van der Waals surface area contributed by atoms with Crippen LogP contribution < -0.4 is 10.6 Å². The Labute approximate surface area is 157 Å². The van der Waals surface area contributed by atoms with Gasteiger partial charge >= 0.3 is 0 Å².